The van der Waals surface area contributed by atoms with Crippen LogP contribution in [0.1, 0.15) is 12.0 Å². The van der Waals surface area contributed by atoms with Gasteiger partial charge in [0.15, 0.2) is 0 Å². The highest BCUT2D eigenvalue weighted by atomic mass is 32.2. The number of quaternary nitrogens is 1. The largest absolute Gasteiger partial charge is 0.347 e. The number of carbonyl (C=O) groups excluding carboxylic acids is 1. The van der Waals surface area contributed by atoms with E-state index in [0.29, 0.717) is 10.9 Å². The van der Waals surface area contributed by atoms with Gasteiger partial charge in [0.25, 0.3) is 0 Å². The molecule has 0 bridgehead atoms. The van der Waals surface area contributed by atoms with Gasteiger partial charge in [0.1, 0.15) is 6.54 Å². The molecule has 1 aromatic heterocycles. The molecule has 1 aliphatic heterocycles. The van der Waals surface area contributed by atoms with Crippen LogP contribution in [0, 0.1) is 0 Å². The summed E-state index contributed by atoms with van der Waals surface area (Å²) < 4.78 is 1.57. The average Bonchev–Trinajstić information content (AvgIpc) is 3.15. The van der Waals surface area contributed by atoms with Crippen LogP contribution in [0.3, 0.4) is 0 Å². The summed E-state index contributed by atoms with van der Waals surface area (Å²) in [4.78, 5) is 13.6. The fraction of sp³-hybridized carbons (Fsp3) is 0.467. The molecule has 2 heterocycles. The predicted molar refractivity (Wildman–Crippen MR) is 86.9 cm³/mol. The van der Waals surface area contributed by atoms with Gasteiger partial charge in [-0.3, -0.25) is 4.79 Å². The van der Waals surface area contributed by atoms with Crippen molar-refractivity contribution in [3.63, 3.8) is 0 Å². The van der Waals surface area contributed by atoms with Gasteiger partial charge in [0.05, 0.1) is 24.9 Å². The number of hydrogen-bond donors (Lipinski definition) is 2. The topological polar surface area (TPSA) is 77.1 Å². The number of rotatable bonds is 6. The number of nitrogens with zero attached hydrogens (tertiary/aromatic N) is 4. The minimum Gasteiger partial charge on any atom is -0.347 e. The normalized spacial score (nSPS) is 20.6. The minimum absolute atomic E-state index is 0.0453. The third-order valence-electron chi connectivity index (χ3n) is 3.96. The van der Waals surface area contributed by atoms with Crippen LogP contribution in [0.4, 0.5) is 0 Å². The summed E-state index contributed by atoms with van der Waals surface area (Å²) >= 11 is 1.36. The minimum atomic E-state index is 0.0453. The summed E-state index contributed by atoms with van der Waals surface area (Å²) in [5.74, 6) is 0.391. The van der Waals surface area contributed by atoms with Gasteiger partial charge in [-0.25, -0.2) is 4.68 Å². The van der Waals surface area contributed by atoms with Crippen molar-refractivity contribution in [3.8, 4) is 0 Å². The summed E-state index contributed by atoms with van der Waals surface area (Å²) in [5.41, 5.74) is 1.35. The molecule has 0 radical (unpaired) electrons. The SMILES string of the molecule is Cn1nnnc1SCC(=O)N[C@@H]1CC[NH+](Cc2ccccc2)C1. The van der Waals surface area contributed by atoms with Crippen molar-refractivity contribution in [1.29, 1.82) is 0 Å². The van der Waals surface area contributed by atoms with E-state index in [0.717, 1.165) is 26.1 Å². The zero-order valence-corrected chi connectivity index (χ0v) is 13.9. The first-order chi connectivity index (χ1) is 11.2. The zero-order valence-electron chi connectivity index (χ0n) is 13.1. The number of hydrogen-bond acceptors (Lipinski definition) is 5. The first kappa shape index (κ1) is 15.9. The molecule has 7 nitrogen and oxygen atoms in total. The van der Waals surface area contributed by atoms with Gasteiger partial charge in [0.2, 0.25) is 11.1 Å². The maximum absolute atomic E-state index is 12.1. The van der Waals surface area contributed by atoms with E-state index in [1.165, 1.54) is 22.2 Å². The molecule has 1 aliphatic rings. The van der Waals surface area contributed by atoms with Gasteiger partial charge in [-0.2, -0.15) is 0 Å². The van der Waals surface area contributed by atoms with Crippen molar-refractivity contribution >= 4 is 17.7 Å². The molecule has 122 valence electrons. The van der Waals surface area contributed by atoms with Crippen LogP contribution in [0.15, 0.2) is 35.5 Å². The Bertz CT molecular complexity index is 646. The number of aromatic nitrogens is 4. The summed E-state index contributed by atoms with van der Waals surface area (Å²) in [6.07, 6.45) is 1.03. The monoisotopic (exact) mass is 333 g/mol. The Labute approximate surface area is 139 Å². The van der Waals surface area contributed by atoms with Gasteiger partial charge in [-0.05, 0) is 10.4 Å². The number of likely N-dealkylation sites (tertiary alicyclic amines) is 1. The number of carbonyl (C=O) groups is 1. The van der Waals surface area contributed by atoms with E-state index in [1.807, 2.05) is 6.07 Å². The molecule has 2 N–H and O–H groups in total. The van der Waals surface area contributed by atoms with E-state index < -0.39 is 0 Å². The van der Waals surface area contributed by atoms with E-state index >= 15 is 0 Å². The quantitative estimate of drug-likeness (QED) is 0.682. The Kier molecular flexibility index (Phi) is 5.24. The van der Waals surface area contributed by atoms with Gasteiger partial charge in [-0.15, -0.1) is 5.10 Å². The lowest BCUT2D eigenvalue weighted by molar-refractivity contribution is -0.901. The number of benzene rings is 1. The molecule has 1 unspecified atom stereocenters. The Balaban J connectivity index is 1.41. The first-order valence-corrected chi connectivity index (χ1v) is 8.71. The van der Waals surface area contributed by atoms with Crippen molar-refractivity contribution in [3.05, 3.63) is 35.9 Å². The van der Waals surface area contributed by atoms with E-state index in [9.17, 15) is 4.79 Å². The third kappa shape index (κ3) is 4.52. The standard InChI is InChI=1S/C15H20N6OS/c1-20-15(17-18-19-20)23-11-14(22)16-13-7-8-21(10-13)9-12-5-3-2-4-6-12/h2-6,13H,7-11H2,1H3,(H,16,22)/p+1/t13-/m1/s1. The van der Waals surface area contributed by atoms with E-state index in [-0.39, 0.29) is 11.9 Å². The molecule has 1 amide bonds. The Morgan fingerprint density at radius 3 is 3.00 bits per heavy atom. The van der Waals surface area contributed by atoms with Crippen molar-refractivity contribution in [2.75, 3.05) is 18.8 Å². The Morgan fingerprint density at radius 2 is 2.26 bits per heavy atom. The van der Waals surface area contributed by atoms with Crippen LogP contribution in [0.25, 0.3) is 0 Å². The Morgan fingerprint density at radius 1 is 1.43 bits per heavy atom. The second-order valence-electron chi connectivity index (χ2n) is 5.79. The molecule has 3 rings (SSSR count). The molecule has 2 atom stereocenters. The van der Waals surface area contributed by atoms with Crippen LogP contribution in [0.2, 0.25) is 0 Å². The van der Waals surface area contributed by atoms with Crippen molar-refractivity contribution in [2.24, 2.45) is 7.05 Å². The summed E-state index contributed by atoms with van der Waals surface area (Å²) in [7, 11) is 1.77. The molecule has 1 aromatic carbocycles. The average molecular weight is 333 g/mol. The van der Waals surface area contributed by atoms with Crippen LogP contribution in [0.5, 0.6) is 0 Å². The zero-order chi connectivity index (χ0) is 16.1. The highest BCUT2D eigenvalue weighted by molar-refractivity contribution is 7.99. The molecule has 0 saturated carbocycles. The number of amides is 1. The van der Waals surface area contributed by atoms with Crippen molar-refractivity contribution < 1.29 is 9.69 Å². The van der Waals surface area contributed by atoms with E-state index in [1.54, 1.807) is 11.7 Å². The van der Waals surface area contributed by atoms with Gasteiger partial charge in [-0.1, -0.05) is 42.1 Å². The smallest absolute Gasteiger partial charge is 0.230 e. The fourth-order valence-electron chi connectivity index (χ4n) is 2.84. The Hall–Kier alpha value is -1.93. The number of tetrazole rings is 1. The summed E-state index contributed by atoms with van der Waals surface area (Å²) in [5, 5.41) is 14.9. The molecule has 2 aromatic rings. The van der Waals surface area contributed by atoms with Crippen LogP contribution in [-0.2, 0) is 18.4 Å². The molecular formula is C15H21N6OS+. The third-order valence-corrected chi connectivity index (χ3v) is 4.97. The lowest BCUT2D eigenvalue weighted by Gasteiger charge is -2.14. The molecular weight excluding hydrogens is 312 g/mol. The molecule has 8 heteroatoms. The highest BCUT2D eigenvalue weighted by Crippen LogP contribution is 2.11. The number of thioether (sulfide) groups is 1. The number of aryl methyl sites for hydroxylation is 1. The second kappa shape index (κ2) is 7.56. The van der Waals surface area contributed by atoms with E-state index in [4.69, 9.17) is 0 Å². The van der Waals surface area contributed by atoms with E-state index in [2.05, 4.69) is 45.1 Å². The number of nitrogens with one attached hydrogen (secondary N) is 2. The predicted octanol–water partition coefficient (Wildman–Crippen LogP) is -0.724. The van der Waals surface area contributed by atoms with Gasteiger partial charge in [0, 0.05) is 19.0 Å². The fourth-order valence-corrected chi connectivity index (χ4v) is 3.50. The maximum atomic E-state index is 12.1. The van der Waals surface area contributed by atoms with Crippen LogP contribution < -0.4 is 10.2 Å². The highest BCUT2D eigenvalue weighted by Gasteiger charge is 2.27. The maximum Gasteiger partial charge on any atom is 0.230 e. The van der Waals surface area contributed by atoms with Gasteiger partial charge >= 0.3 is 0 Å². The van der Waals surface area contributed by atoms with Crippen LogP contribution >= 0.6 is 11.8 Å². The first-order valence-electron chi connectivity index (χ1n) is 7.72. The van der Waals surface area contributed by atoms with Crippen molar-refractivity contribution in [1.82, 2.24) is 25.5 Å². The summed E-state index contributed by atoms with van der Waals surface area (Å²) in [6.45, 7) is 3.10. The molecule has 1 saturated heterocycles. The molecule has 0 aliphatic carbocycles. The molecule has 23 heavy (non-hydrogen) atoms. The second-order valence-corrected chi connectivity index (χ2v) is 6.74. The molecule has 0 spiro atoms. The van der Waals surface area contributed by atoms with Gasteiger partial charge < -0.3 is 10.2 Å². The van der Waals surface area contributed by atoms with Crippen LogP contribution in [-0.4, -0.2) is 51.0 Å². The summed E-state index contributed by atoms with van der Waals surface area (Å²) in [6, 6.07) is 10.8. The lowest BCUT2D eigenvalue weighted by atomic mass is 10.2. The molecule has 1 fully saturated rings. The lowest BCUT2D eigenvalue weighted by Crippen LogP contribution is -3.09. The van der Waals surface area contributed by atoms with Crippen molar-refractivity contribution in [2.45, 2.75) is 24.2 Å².